The van der Waals surface area contributed by atoms with Crippen molar-refractivity contribution in [2.75, 3.05) is 0 Å². The van der Waals surface area contributed by atoms with Gasteiger partial charge in [0, 0.05) is 30.6 Å². The SMILES string of the molecule is C[C@@H](CCC(=O)O)[C@H]1CC[C@H]2[C@@H]3C(=O)C[C@H]4C[C@@H](O)CC[C@]4(C)[C@H]3CC(=O)[C@]12C. The molecule has 5 nitrogen and oxygen atoms in total. The molecule has 0 radical (unpaired) electrons. The first-order chi connectivity index (χ1) is 13.6. The van der Waals surface area contributed by atoms with Crippen molar-refractivity contribution in [3.8, 4) is 0 Å². The molecule has 162 valence electrons. The summed E-state index contributed by atoms with van der Waals surface area (Å²) in [6.07, 6.45) is 5.64. The van der Waals surface area contributed by atoms with E-state index in [0.717, 1.165) is 25.7 Å². The highest BCUT2D eigenvalue weighted by molar-refractivity contribution is 5.92. The van der Waals surface area contributed by atoms with E-state index in [4.69, 9.17) is 5.11 Å². The Kier molecular flexibility index (Phi) is 5.20. The van der Waals surface area contributed by atoms with Crippen LogP contribution in [0.5, 0.6) is 0 Å². The molecule has 2 N–H and O–H groups in total. The Morgan fingerprint density at radius 1 is 1.14 bits per heavy atom. The fourth-order valence-corrected chi connectivity index (χ4v) is 8.13. The van der Waals surface area contributed by atoms with Crippen LogP contribution in [-0.2, 0) is 14.4 Å². The zero-order chi connectivity index (χ0) is 21.1. The molecule has 0 bridgehead atoms. The van der Waals surface area contributed by atoms with Crippen molar-refractivity contribution in [1.82, 2.24) is 0 Å². The van der Waals surface area contributed by atoms with Gasteiger partial charge in [-0.2, -0.15) is 0 Å². The van der Waals surface area contributed by atoms with Gasteiger partial charge in [0.25, 0.3) is 0 Å². The minimum Gasteiger partial charge on any atom is -0.481 e. The zero-order valence-corrected chi connectivity index (χ0v) is 18.0. The molecule has 4 aliphatic carbocycles. The fraction of sp³-hybridized carbons (Fsp3) is 0.875. The molecular weight excluding hydrogens is 368 g/mol. The predicted molar refractivity (Wildman–Crippen MR) is 108 cm³/mol. The smallest absolute Gasteiger partial charge is 0.303 e. The Balaban J connectivity index is 1.62. The molecule has 5 heteroatoms. The molecule has 0 saturated heterocycles. The van der Waals surface area contributed by atoms with E-state index >= 15 is 0 Å². The molecule has 0 aromatic heterocycles. The van der Waals surface area contributed by atoms with E-state index < -0.39 is 11.4 Å². The summed E-state index contributed by atoms with van der Waals surface area (Å²) in [5.74, 6) is 0.550. The van der Waals surface area contributed by atoms with E-state index in [9.17, 15) is 19.5 Å². The maximum atomic E-state index is 13.6. The average Bonchev–Trinajstić information content (AvgIpc) is 3.01. The second kappa shape index (κ2) is 7.18. The Bertz CT molecular complexity index is 716. The van der Waals surface area contributed by atoms with Gasteiger partial charge >= 0.3 is 5.97 Å². The van der Waals surface area contributed by atoms with Gasteiger partial charge in [0.1, 0.15) is 11.6 Å². The molecule has 4 aliphatic rings. The summed E-state index contributed by atoms with van der Waals surface area (Å²) >= 11 is 0. The number of fused-ring (bicyclic) bond motifs is 5. The highest BCUT2D eigenvalue weighted by atomic mass is 16.4. The van der Waals surface area contributed by atoms with E-state index in [1.54, 1.807) is 0 Å². The number of rotatable bonds is 4. The van der Waals surface area contributed by atoms with Gasteiger partial charge in [-0.05, 0) is 73.5 Å². The molecule has 4 rings (SSSR count). The molecule has 0 aromatic carbocycles. The lowest BCUT2D eigenvalue weighted by atomic mass is 9.43. The van der Waals surface area contributed by atoms with Crippen LogP contribution >= 0.6 is 0 Å². The van der Waals surface area contributed by atoms with Crippen LogP contribution in [0.15, 0.2) is 0 Å². The molecule has 0 spiro atoms. The van der Waals surface area contributed by atoms with Gasteiger partial charge in [0.05, 0.1) is 6.10 Å². The molecule has 0 aliphatic heterocycles. The van der Waals surface area contributed by atoms with Gasteiger partial charge in [0.2, 0.25) is 0 Å². The summed E-state index contributed by atoms with van der Waals surface area (Å²) < 4.78 is 0. The standard InChI is InChI=1S/C24H36O5/c1-13(4-7-21(28)29)16-5-6-17-22-18(12-20(27)24(16,17)3)23(2)9-8-15(25)10-14(23)11-19(22)26/h13-18,22,25H,4-12H2,1-3H3,(H,28,29)/t13-,14+,15-,16+,17-,18-,22-,23-,24+/m0/s1. The largest absolute Gasteiger partial charge is 0.481 e. The molecule has 4 saturated carbocycles. The van der Waals surface area contributed by atoms with Crippen LogP contribution < -0.4 is 0 Å². The first-order valence-corrected chi connectivity index (χ1v) is 11.5. The quantitative estimate of drug-likeness (QED) is 0.742. The van der Waals surface area contributed by atoms with Crippen LogP contribution in [-0.4, -0.2) is 33.9 Å². The molecule has 4 fully saturated rings. The summed E-state index contributed by atoms with van der Waals surface area (Å²) in [4.78, 5) is 38.0. The number of carboxylic acids is 1. The third-order valence-electron chi connectivity index (χ3n) is 9.87. The van der Waals surface area contributed by atoms with Crippen LogP contribution in [0.3, 0.4) is 0 Å². The van der Waals surface area contributed by atoms with Gasteiger partial charge in [-0.15, -0.1) is 0 Å². The highest BCUT2D eigenvalue weighted by Gasteiger charge is 2.66. The van der Waals surface area contributed by atoms with Crippen LogP contribution in [0.25, 0.3) is 0 Å². The fourth-order valence-electron chi connectivity index (χ4n) is 8.13. The highest BCUT2D eigenvalue weighted by Crippen LogP contribution is 2.66. The topological polar surface area (TPSA) is 91.7 Å². The monoisotopic (exact) mass is 404 g/mol. The molecular formula is C24H36O5. The third kappa shape index (κ3) is 3.10. The first-order valence-electron chi connectivity index (χ1n) is 11.5. The summed E-state index contributed by atoms with van der Waals surface area (Å²) in [7, 11) is 0. The second-order valence-corrected chi connectivity index (χ2v) is 11.0. The normalized spacial score (nSPS) is 47.9. The number of carboxylic acid groups (broad SMARTS) is 1. The molecule has 0 aromatic rings. The summed E-state index contributed by atoms with van der Waals surface area (Å²) in [5.41, 5.74) is -0.520. The number of aliphatic hydroxyl groups is 1. The van der Waals surface area contributed by atoms with E-state index in [1.165, 1.54) is 0 Å². The van der Waals surface area contributed by atoms with Crippen molar-refractivity contribution in [2.45, 2.75) is 84.7 Å². The average molecular weight is 405 g/mol. The van der Waals surface area contributed by atoms with E-state index in [2.05, 4.69) is 20.8 Å². The molecule has 0 unspecified atom stereocenters. The van der Waals surface area contributed by atoms with E-state index in [1.807, 2.05) is 0 Å². The van der Waals surface area contributed by atoms with Crippen LogP contribution in [0.1, 0.15) is 78.6 Å². The lowest BCUT2D eigenvalue weighted by Gasteiger charge is -2.59. The second-order valence-electron chi connectivity index (χ2n) is 11.0. The molecule has 0 heterocycles. The maximum absolute atomic E-state index is 13.6. The van der Waals surface area contributed by atoms with Gasteiger partial charge in [0.15, 0.2) is 0 Å². The Morgan fingerprint density at radius 2 is 1.86 bits per heavy atom. The summed E-state index contributed by atoms with van der Waals surface area (Å²) in [5, 5.41) is 19.2. The Labute approximate surface area is 173 Å². The van der Waals surface area contributed by atoms with E-state index in [0.29, 0.717) is 37.2 Å². The number of aliphatic carboxylic acids is 1. The van der Waals surface area contributed by atoms with Gasteiger partial charge in [-0.3, -0.25) is 14.4 Å². The molecule has 9 atom stereocenters. The van der Waals surface area contributed by atoms with Crippen LogP contribution in [0.2, 0.25) is 0 Å². The molecule has 29 heavy (non-hydrogen) atoms. The van der Waals surface area contributed by atoms with Crippen molar-refractivity contribution in [1.29, 1.82) is 0 Å². The number of Topliss-reactive ketones (excluding diaryl/α,β-unsaturated/α-hetero) is 2. The number of ketones is 2. The lowest BCUT2D eigenvalue weighted by Crippen LogP contribution is -2.60. The Hall–Kier alpha value is -1.23. The molecule has 0 amide bonds. The van der Waals surface area contributed by atoms with Crippen molar-refractivity contribution in [3.05, 3.63) is 0 Å². The summed E-state index contributed by atoms with van der Waals surface area (Å²) in [6.45, 7) is 6.44. The summed E-state index contributed by atoms with van der Waals surface area (Å²) in [6, 6.07) is 0. The van der Waals surface area contributed by atoms with Crippen molar-refractivity contribution < 1.29 is 24.6 Å². The minimum absolute atomic E-state index is 0.0260. The van der Waals surface area contributed by atoms with Crippen LogP contribution in [0.4, 0.5) is 0 Å². The van der Waals surface area contributed by atoms with Crippen LogP contribution in [0, 0.1) is 46.3 Å². The first kappa shape index (κ1) is 21.0. The number of hydrogen-bond acceptors (Lipinski definition) is 4. The van der Waals surface area contributed by atoms with Crippen molar-refractivity contribution in [2.24, 2.45) is 46.3 Å². The van der Waals surface area contributed by atoms with E-state index in [-0.39, 0.29) is 53.4 Å². The van der Waals surface area contributed by atoms with Gasteiger partial charge in [-0.25, -0.2) is 0 Å². The maximum Gasteiger partial charge on any atom is 0.303 e. The predicted octanol–water partition coefficient (Wildman–Crippen LogP) is 3.87. The number of aliphatic hydroxyl groups excluding tert-OH is 1. The Morgan fingerprint density at radius 3 is 2.55 bits per heavy atom. The number of hydrogen-bond donors (Lipinski definition) is 2. The van der Waals surface area contributed by atoms with Crippen molar-refractivity contribution in [3.63, 3.8) is 0 Å². The number of carbonyl (C=O) groups is 3. The van der Waals surface area contributed by atoms with Crippen molar-refractivity contribution >= 4 is 17.5 Å². The third-order valence-corrected chi connectivity index (χ3v) is 9.87. The van der Waals surface area contributed by atoms with Gasteiger partial charge in [-0.1, -0.05) is 20.8 Å². The minimum atomic E-state index is -0.785. The number of carbonyl (C=O) groups excluding carboxylic acids is 2. The lowest BCUT2D eigenvalue weighted by molar-refractivity contribution is -0.168. The van der Waals surface area contributed by atoms with Gasteiger partial charge < -0.3 is 10.2 Å². The zero-order valence-electron chi connectivity index (χ0n) is 18.0.